The van der Waals surface area contributed by atoms with Crippen molar-refractivity contribution < 1.29 is 14.4 Å². The number of ketones is 1. The smallest absolute Gasteiger partial charge is 0.242 e. The van der Waals surface area contributed by atoms with Gasteiger partial charge in [-0.15, -0.1) is 23.5 Å². The largest absolute Gasteiger partial charge is 0.321 e. The van der Waals surface area contributed by atoms with Crippen LogP contribution in [0.15, 0.2) is 24.3 Å². The van der Waals surface area contributed by atoms with Crippen LogP contribution in [0.1, 0.15) is 24.0 Å². The fourth-order valence-corrected chi connectivity index (χ4v) is 6.53. The maximum atomic E-state index is 12.9. The zero-order valence-electron chi connectivity index (χ0n) is 15.1. The molecule has 0 radical (unpaired) electrons. The van der Waals surface area contributed by atoms with Crippen LogP contribution >= 0.6 is 23.5 Å². The Hall–Kier alpha value is -1.31. The van der Waals surface area contributed by atoms with Gasteiger partial charge in [0.25, 0.3) is 0 Å². The molecule has 0 bridgehead atoms. The second-order valence-electron chi connectivity index (χ2n) is 7.47. The highest BCUT2D eigenvalue weighted by Gasteiger charge is 2.42. The van der Waals surface area contributed by atoms with Crippen LogP contribution < -0.4 is 5.32 Å². The van der Waals surface area contributed by atoms with Crippen molar-refractivity contribution in [1.82, 2.24) is 10.2 Å². The summed E-state index contributed by atoms with van der Waals surface area (Å²) in [6, 6.07) is 7.66. The van der Waals surface area contributed by atoms with E-state index in [1.54, 1.807) is 16.7 Å². The molecule has 3 atom stereocenters. The lowest BCUT2D eigenvalue weighted by molar-refractivity contribution is -0.137. The summed E-state index contributed by atoms with van der Waals surface area (Å²) in [5, 5.41) is 2.84. The Morgan fingerprint density at radius 3 is 2.67 bits per heavy atom. The molecular formula is C20H24N2O3S2. The zero-order chi connectivity index (χ0) is 18.8. The Morgan fingerprint density at radius 2 is 1.96 bits per heavy atom. The van der Waals surface area contributed by atoms with E-state index in [0.29, 0.717) is 29.8 Å². The molecule has 1 aliphatic carbocycles. The molecule has 1 amide bonds. The number of Topliss-reactive ketones (excluding diaryl/α,β-unsaturated/α-hetero) is 1. The summed E-state index contributed by atoms with van der Waals surface area (Å²) in [5.74, 6) is 2.37. The quantitative estimate of drug-likeness (QED) is 0.731. The highest BCUT2D eigenvalue weighted by Crippen LogP contribution is 2.32. The molecule has 0 saturated carbocycles. The third-order valence-corrected chi connectivity index (χ3v) is 8.01. The van der Waals surface area contributed by atoms with Crippen molar-refractivity contribution in [3.05, 3.63) is 35.4 Å². The summed E-state index contributed by atoms with van der Waals surface area (Å²) < 4.78 is 0. The van der Waals surface area contributed by atoms with Gasteiger partial charge in [0.1, 0.15) is 18.1 Å². The number of nitrogens with zero attached hydrogens (tertiary/aromatic N) is 1. The molecule has 2 heterocycles. The molecular weight excluding hydrogens is 380 g/mol. The van der Waals surface area contributed by atoms with Crippen LogP contribution in [0.2, 0.25) is 0 Å². The number of nitrogens with one attached hydrogen (secondary N) is 1. The van der Waals surface area contributed by atoms with Gasteiger partial charge in [0.15, 0.2) is 0 Å². The molecule has 144 valence electrons. The second-order valence-corrected chi connectivity index (χ2v) is 9.60. The molecule has 1 unspecified atom stereocenters. The Balaban J connectivity index is 1.33. The number of hydrogen-bond donors (Lipinski definition) is 1. The fourth-order valence-electron chi connectivity index (χ4n) is 4.25. The molecule has 0 spiro atoms. The van der Waals surface area contributed by atoms with Crippen LogP contribution in [0.3, 0.4) is 0 Å². The first-order chi connectivity index (χ1) is 13.2. The molecule has 1 aromatic rings. The van der Waals surface area contributed by atoms with Crippen LogP contribution in [-0.2, 0) is 27.2 Å². The first-order valence-corrected chi connectivity index (χ1v) is 11.7. The highest BCUT2D eigenvalue weighted by atomic mass is 32.2. The minimum absolute atomic E-state index is 0.103. The van der Waals surface area contributed by atoms with Gasteiger partial charge in [-0.1, -0.05) is 24.3 Å². The van der Waals surface area contributed by atoms with Crippen molar-refractivity contribution in [2.24, 2.45) is 5.92 Å². The third-order valence-electron chi connectivity index (χ3n) is 5.75. The van der Waals surface area contributed by atoms with Crippen LogP contribution in [-0.4, -0.2) is 57.7 Å². The van der Waals surface area contributed by atoms with E-state index in [0.717, 1.165) is 25.5 Å². The third kappa shape index (κ3) is 3.96. The minimum atomic E-state index is -0.496. The number of fused-ring (bicyclic) bond motifs is 1. The summed E-state index contributed by atoms with van der Waals surface area (Å²) in [6.45, 7) is 0. The lowest BCUT2D eigenvalue weighted by Gasteiger charge is -2.25. The molecule has 0 aromatic heterocycles. The van der Waals surface area contributed by atoms with Gasteiger partial charge in [0, 0.05) is 18.1 Å². The Labute approximate surface area is 168 Å². The van der Waals surface area contributed by atoms with Crippen LogP contribution in [0.5, 0.6) is 0 Å². The molecule has 4 rings (SSSR count). The average molecular weight is 405 g/mol. The van der Waals surface area contributed by atoms with Gasteiger partial charge in [-0.05, 0) is 36.3 Å². The van der Waals surface area contributed by atoms with E-state index in [2.05, 4.69) is 29.6 Å². The van der Waals surface area contributed by atoms with Gasteiger partial charge < -0.3 is 9.69 Å². The van der Waals surface area contributed by atoms with E-state index in [-0.39, 0.29) is 23.0 Å². The van der Waals surface area contributed by atoms with Gasteiger partial charge >= 0.3 is 0 Å². The van der Waals surface area contributed by atoms with Crippen molar-refractivity contribution >= 4 is 41.5 Å². The maximum Gasteiger partial charge on any atom is 0.242 e. The van der Waals surface area contributed by atoms with Crippen LogP contribution in [0.25, 0.3) is 0 Å². The number of thioether (sulfide) groups is 2. The minimum Gasteiger partial charge on any atom is -0.321 e. The Kier molecular flexibility index (Phi) is 5.90. The lowest BCUT2D eigenvalue weighted by atomic mass is 9.96. The molecule has 3 aliphatic rings. The predicted octanol–water partition coefficient (Wildman–Crippen LogP) is 1.88. The van der Waals surface area contributed by atoms with Crippen LogP contribution in [0, 0.1) is 5.92 Å². The average Bonchev–Trinajstić information content (AvgIpc) is 3.43. The van der Waals surface area contributed by atoms with Crippen molar-refractivity contribution in [2.45, 2.75) is 43.0 Å². The SMILES string of the molecule is O=C[C@@H]1CSCN1C(=O)[C@H]1NCSC1C(=O)CCC1Cc2ccccc2C1. The molecule has 2 aliphatic heterocycles. The summed E-state index contributed by atoms with van der Waals surface area (Å²) >= 11 is 3.11. The van der Waals surface area contributed by atoms with Gasteiger partial charge in [-0.25, -0.2) is 0 Å². The first-order valence-electron chi connectivity index (χ1n) is 9.45. The predicted molar refractivity (Wildman–Crippen MR) is 109 cm³/mol. The van der Waals surface area contributed by atoms with Gasteiger partial charge in [-0.3, -0.25) is 14.9 Å². The number of rotatable bonds is 6. The van der Waals surface area contributed by atoms with E-state index in [4.69, 9.17) is 0 Å². The summed E-state index contributed by atoms with van der Waals surface area (Å²) in [6.07, 6.45) is 4.34. The first kappa shape index (κ1) is 19.0. The van der Waals surface area contributed by atoms with E-state index in [1.165, 1.54) is 22.9 Å². The van der Waals surface area contributed by atoms with Crippen molar-refractivity contribution in [3.8, 4) is 0 Å². The van der Waals surface area contributed by atoms with E-state index in [9.17, 15) is 14.4 Å². The standard InChI is InChI=1S/C20H24N2O3S2/c23-9-16-10-26-12-22(16)20(25)18-19(27-11-21-18)17(24)6-5-13-7-14-3-1-2-4-15(14)8-13/h1-4,9,13,16,18-19,21H,5-8,10-12H2/t16-,18+,19?/m1/s1. The topological polar surface area (TPSA) is 66.5 Å². The monoisotopic (exact) mass is 404 g/mol. The maximum absolute atomic E-state index is 12.9. The van der Waals surface area contributed by atoms with Crippen molar-refractivity contribution in [3.63, 3.8) is 0 Å². The summed E-state index contributed by atoms with van der Waals surface area (Å²) in [7, 11) is 0. The molecule has 2 saturated heterocycles. The number of hydrogen-bond acceptors (Lipinski definition) is 6. The summed E-state index contributed by atoms with van der Waals surface area (Å²) in [4.78, 5) is 38.5. The van der Waals surface area contributed by atoms with Crippen molar-refractivity contribution in [1.29, 1.82) is 0 Å². The van der Waals surface area contributed by atoms with Crippen molar-refractivity contribution in [2.75, 3.05) is 17.5 Å². The molecule has 1 aromatic carbocycles. The Morgan fingerprint density at radius 1 is 1.22 bits per heavy atom. The number of amides is 1. The normalized spacial score (nSPS) is 27.7. The number of carbonyl (C=O) groups excluding carboxylic acids is 3. The molecule has 1 N–H and O–H groups in total. The number of aldehydes is 1. The van der Waals surface area contributed by atoms with E-state index >= 15 is 0 Å². The highest BCUT2D eigenvalue weighted by molar-refractivity contribution is 8.01. The Bertz CT molecular complexity index is 717. The zero-order valence-corrected chi connectivity index (χ0v) is 16.8. The number of carbonyl (C=O) groups is 3. The molecule has 5 nitrogen and oxygen atoms in total. The lowest BCUT2D eigenvalue weighted by Crippen LogP contribution is -2.51. The molecule has 2 fully saturated rings. The van der Waals surface area contributed by atoms with E-state index < -0.39 is 6.04 Å². The number of benzene rings is 1. The molecule has 7 heteroatoms. The van der Waals surface area contributed by atoms with E-state index in [1.807, 2.05) is 0 Å². The van der Waals surface area contributed by atoms with Gasteiger partial charge in [0.05, 0.1) is 17.2 Å². The van der Waals surface area contributed by atoms with Gasteiger partial charge in [0.2, 0.25) is 5.91 Å². The fraction of sp³-hybridized carbons (Fsp3) is 0.550. The molecule has 27 heavy (non-hydrogen) atoms. The van der Waals surface area contributed by atoms with Crippen LogP contribution in [0.4, 0.5) is 0 Å². The second kappa shape index (κ2) is 8.37. The van der Waals surface area contributed by atoms with Gasteiger partial charge in [-0.2, -0.15) is 0 Å². The summed E-state index contributed by atoms with van der Waals surface area (Å²) in [5.41, 5.74) is 2.82.